The normalized spacial score (nSPS) is 15.6. The van der Waals surface area contributed by atoms with Gasteiger partial charge in [0, 0.05) is 46.1 Å². The number of aliphatic imine (C=N–C) groups is 1. The van der Waals surface area contributed by atoms with Gasteiger partial charge in [-0.25, -0.2) is 0 Å². The number of ether oxygens (including phenoxy) is 1. The third-order valence-corrected chi connectivity index (χ3v) is 4.58. The van der Waals surface area contributed by atoms with E-state index in [9.17, 15) is 4.79 Å². The van der Waals surface area contributed by atoms with Crippen LogP contribution in [0.15, 0.2) is 35.3 Å². The number of carbonyl (C=O) groups is 1. The first-order valence-electron chi connectivity index (χ1n) is 9.64. The molecule has 2 rings (SSSR count). The minimum Gasteiger partial charge on any atom is -0.494 e. The summed E-state index contributed by atoms with van der Waals surface area (Å²) in [6.07, 6.45) is 3.59. The molecule has 0 bridgehead atoms. The molecule has 0 spiro atoms. The third-order valence-electron chi connectivity index (χ3n) is 4.58. The Labute approximate surface area is 157 Å². The average molecular weight is 361 g/mol. The van der Waals surface area contributed by atoms with E-state index in [0.29, 0.717) is 18.9 Å². The molecule has 1 aromatic carbocycles. The number of carbonyl (C=O) groups excluding carboxylic acids is 1. The van der Waals surface area contributed by atoms with Gasteiger partial charge < -0.3 is 20.3 Å². The van der Waals surface area contributed by atoms with Gasteiger partial charge in [-0.2, -0.15) is 0 Å². The number of rotatable bonds is 8. The molecule has 1 saturated heterocycles. The summed E-state index contributed by atoms with van der Waals surface area (Å²) in [7, 11) is 1.70. The van der Waals surface area contributed by atoms with Crippen LogP contribution in [0, 0.1) is 5.92 Å². The fraction of sp³-hybridized carbons (Fsp3) is 0.600. The Hall–Kier alpha value is -2.24. The molecular weight excluding hydrogens is 328 g/mol. The van der Waals surface area contributed by atoms with E-state index in [1.165, 1.54) is 0 Å². The second-order valence-electron chi connectivity index (χ2n) is 6.56. The number of amides is 1. The summed E-state index contributed by atoms with van der Waals surface area (Å²) in [5, 5.41) is 6.10. The molecular formula is C20H32N4O2. The predicted molar refractivity (Wildman–Crippen MR) is 106 cm³/mol. The zero-order valence-corrected chi connectivity index (χ0v) is 16.0. The van der Waals surface area contributed by atoms with E-state index < -0.39 is 0 Å². The van der Waals surface area contributed by atoms with Gasteiger partial charge in [0.2, 0.25) is 5.91 Å². The quantitative estimate of drug-likeness (QED) is 0.424. The molecule has 0 aromatic heterocycles. The van der Waals surface area contributed by atoms with Crippen molar-refractivity contribution in [2.24, 2.45) is 10.9 Å². The van der Waals surface area contributed by atoms with Crippen LogP contribution in [0.1, 0.15) is 32.6 Å². The summed E-state index contributed by atoms with van der Waals surface area (Å²) < 4.78 is 5.71. The van der Waals surface area contributed by atoms with Gasteiger partial charge in [0.25, 0.3) is 0 Å². The molecule has 0 saturated carbocycles. The molecule has 0 unspecified atom stereocenters. The molecule has 6 nitrogen and oxygen atoms in total. The molecule has 6 heteroatoms. The van der Waals surface area contributed by atoms with Crippen molar-refractivity contribution in [2.75, 3.05) is 39.8 Å². The van der Waals surface area contributed by atoms with Gasteiger partial charge in [0.1, 0.15) is 5.75 Å². The Morgan fingerprint density at radius 1 is 1.27 bits per heavy atom. The number of hydrogen-bond acceptors (Lipinski definition) is 3. The lowest BCUT2D eigenvalue weighted by molar-refractivity contribution is -0.121. The maximum absolute atomic E-state index is 11.5. The van der Waals surface area contributed by atoms with E-state index in [2.05, 4.69) is 22.5 Å². The van der Waals surface area contributed by atoms with Crippen LogP contribution in [0.5, 0.6) is 5.75 Å². The van der Waals surface area contributed by atoms with Crippen LogP contribution in [-0.2, 0) is 4.79 Å². The number of nitrogens with zero attached hydrogens (tertiary/aromatic N) is 2. The van der Waals surface area contributed by atoms with E-state index in [-0.39, 0.29) is 5.91 Å². The maximum Gasteiger partial charge on any atom is 0.220 e. The van der Waals surface area contributed by atoms with Gasteiger partial charge in [-0.3, -0.25) is 9.79 Å². The van der Waals surface area contributed by atoms with Crippen LogP contribution >= 0.6 is 0 Å². The van der Waals surface area contributed by atoms with Crippen molar-refractivity contribution in [1.82, 2.24) is 15.5 Å². The lowest BCUT2D eigenvalue weighted by Gasteiger charge is -2.34. The second kappa shape index (κ2) is 11.4. The highest BCUT2D eigenvalue weighted by Gasteiger charge is 2.22. The Kier molecular flexibility index (Phi) is 8.79. The summed E-state index contributed by atoms with van der Waals surface area (Å²) in [6.45, 7) is 6.26. The van der Waals surface area contributed by atoms with Gasteiger partial charge in [-0.1, -0.05) is 18.2 Å². The SMILES string of the molecule is CCNC(=NCCCOc1ccccc1)N1CCC(CC(=O)NC)CC1. The van der Waals surface area contributed by atoms with Crippen LogP contribution in [0.2, 0.25) is 0 Å². The average Bonchev–Trinajstić information content (AvgIpc) is 2.68. The van der Waals surface area contributed by atoms with Crippen LogP contribution in [-0.4, -0.2) is 56.6 Å². The lowest BCUT2D eigenvalue weighted by atomic mass is 9.93. The van der Waals surface area contributed by atoms with E-state index in [1.807, 2.05) is 30.3 Å². The number of likely N-dealkylation sites (tertiary alicyclic amines) is 1. The van der Waals surface area contributed by atoms with E-state index in [1.54, 1.807) is 7.05 Å². The number of nitrogens with one attached hydrogen (secondary N) is 2. The third kappa shape index (κ3) is 6.94. The number of benzene rings is 1. The van der Waals surface area contributed by atoms with E-state index >= 15 is 0 Å². The first-order valence-corrected chi connectivity index (χ1v) is 9.64. The second-order valence-corrected chi connectivity index (χ2v) is 6.56. The molecule has 0 aliphatic carbocycles. The van der Waals surface area contributed by atoms with Crippen molar-refractivity contribution in [1.29, 1.82) is 0 Å². The zero-order valence-electron chi connectivity index (χ0n) is 16.0. The molecule has 144 valence electrons. The Bertz CT molecular complexity index is 554. The van der Waals surface area contributed by atoms with Crippen molar-refractivity contribution in [2.45, 2.75) is 32.6 Å². The molecule has 1 fully saturated rings. The van der Waals surface area contributed by atoms with Crippen molar-refractivity contribution in [3.63, 3.8) is 0 Å². The number of piperidine rings is 1. The fourth-order valence-electron chi connectivity index (χ4n) is 3.10. The molecule has 2 N–H and O–H groups in total. The number of hydrogen-bond donors (Lipinski definition) is 2. The standard InChI is InChI=1S/C20H32N4O2/c1-3-22-20(23-12-7-15-26-18-8-5-4-6-9-18)24-13-10-17(11-14-24)16-19(25)21-2/h4-6,8-9,17H,3,7,10-16H2,1-2H3,(H,21,25)(H,22,23). The van der Waals surface area contributed by atoms with Crippen LogP contribution < -0.4 is 15.4 Å². The van der Waals surface area contributed by atoms with E-state index in [0.717, 1.165) is 57.2 Å². The fourth-order valence-corrected chi connectivity index (χ4v) is 3.10. The van der Waals surface area contributed by atoms with Crippen molar-refractivity contribution in [3.05, 3.63) is 30.3 Å². The first kappa shape index (κ1) is 20.1. The van der Waals surface area contributed by atoms with Gasteiger partial charge in [0.05, 0.1) is 6.61 Å². The Balaban J connectivity index is 1.73. The first-order chi connectivity index (χ1) is 12.7. The predicted octanol–water partition coefficient (Wildman–Crippen LogP) is 2.27. The molecule has 1 aliphatic rings. The summed E-state index contributed by atoms with van der Waals surface area (Å²) in [6, 6.07) is 9.87. The molecule has 1 heterocycles. The van der Waals surface area contributed by atoms with Crippen LogP contribution in [0.25, 0.3) is 0 Å². The van der Waals surface area contributed by atoms with Crippen LogP contribution in [0.4, 0.5) is 0 Å². The van der Waals surface area contributed by atoms with Crippen molar-refractivity contribution < 1.29 is 9.53 Å². The minimum absolute atomic E-state index is 0.141. The molecule has 26 heavy (non-hydrogen) atoms. The zero-order chi connectivity index (χ0) is 18.6. The highest BCUT2D eigenvalue weighted by Crippen LogP contribution is 2.20. The number of guanidine groups is 1. The largest absolute Gasteiger partial charge is 0.494 e. The highest BCUT2D eigenvalue weighted by atomic mass is 16.5. The minimum atomic E-state index is 0.141. The summed E-state index contributed by atoms with van der Waals surface area (Å²) in [5.74, 6) is 2.50. The summed E-state index contributed by atoms with van der Waals surface area (Å²) in [4.78, 5) is 18.6. The van der Waals surface area contributed by atoms with Crippen molar-refractivity contribution in [3.8, 4) is 5.75 Å². The molecule has 1 aromatic rings. The molecule has 1 amide bonds. The topological polar surface area (TPSA) is 66.0 Å². The molecule has 0 radical (unpaired) electrons. The number of para-hydroxylation sites is 1. The summed E-state index contributed by atoms with van der Waals surface area (Å²) >= 11 is 0. The van der Waals surface area contributed by atoms with Gasteiger partial charge in [-0.05, 0) is 37.8 Å². The van der Waals surface area contributed by atoms with E-state index in [4.69, 9.17) is 9.73 Å². The van der Waals surface area contributed by atoms with Crippen LogP contribution in [0.3, 0.4) is 0 Å². The van der Waals surface area contributed by atoms with Crippen molar-refractivity contribution >= 4 is 11.9 Å². The Morgan fingerprint density at radius 2 is 2.00 bits per heavy atom. The lowest BCUT2D eigenvalue weighted by Crippen LogP contribution is -2.46. The van der Waals surface area contributed by atoms with Gasteiger partial charge in [-0.15, -0.1) is 0 Å². The molecule has 0 atom stereocenters. The highest BCUT2D eigenvalue weighted by molar-refractivity contribution is 5.80. The Morgan fingerprint density at radius 3 is 2.65 bits per heavy atom. The molecule has 1 aliphatic heterocycles. The smallest absolute Gasteiger partial charge is 0.220 e. The summed E-state index contributed by atoms with van der Waals surface area (Å²) in [5.41, 5.74) is 0. The van der Waals surface area contributed by atoms with Gasteiger partial charge in [0.15, 0.2) is 5.96 Å². The van der Waals surface area contributed by atoms with Gasteiger partial charge >= 0.3 is 0 Å². The monoisotopic (exact) mass is 360 g/mol. The maximum atomic E-state index is 11.5.